The van der Waals surface area contributed by atoms with Crippen LogP contribution in [-0.2, 0) is 0 Å². The molecule has 4 nitrogen and oxygen atoms in total. The molecule has 0 unspecified atom stereocenters. The summed E-state index contributed by atoms with van der Waals surface area (Å²) >= 11 is 0. The summed E-state index contributed by atoms with van der Waals surface area (Å²) in [4.78, 5) is 14.2. The Balaban J connectivity index is 0.00000144. The topological polar surface area (TPSA) is 45.5 Å². The van der Waals surface area contributed by atoms with Gasteiger partial charge in [-0.05, 0) is 26.8 Å². The summed E-state index contributed by atoms with van der Waals surface area (Å²) in [5.41, 5.74) is 0.700. The lowest BCUT2D eigenvalue weighted by Crippen LogP contribution is -2.52. The first-order chi connectivity index (χ1) is 7.59. The van der Waals surface area contributed by atoms with E-state index >= 15 is 0 Å². The Morgan fingerprint density at radius 1 is 1.53 bits per heavy atom. The maximum Gasteiger partial charge on any atom is 0.257 e. The second-order valence-corrected chi connectivity index (χ2v) is 4.38. The van der Waals surface area contributed by atoms with Gasteiger partial charge in [-0.15, -0.1) is 12.4 Å². The molecule has 2 heterocycles. The Kier molecular flexibility index (Phi) is 4.60. The van der Waals surface area contributed by atoms with Gasteiger partial charge in [0.25, 0.3) is 5.91 Å². The van der Waals surface area contributed by atoms with E-state index in [2.05, 4.69) is 12.2 Å². The molecule has 2 rings (SSSR count). The summed E-state index contributed by atoms with van der Waals surface area (Å²) in [6.07, 6.45) is 0. The average Bonchev–Trinajstić information content (AvgIpc) is 2.58. The summed E-state index contributed by atoms with van der Waals surface area (Å²) in [6.45, 7) is 8.27. The molecule has 0 aromatic carbocycles. The number of hydrogen-bond donors (Lipinski definition) is 1. The highest BCUT2D eigenvalue weighted by atomic mass is 35.5. The Bertz CT molecular complexity index is 403. The molecule has 1 fully saturated rings. The number of hydrogen-bond acceptors (Lipinski definition) is 3. The van der Waals surface area contributed by atoms with Gasteiger partial charge in [0.05, 0.1) is 5.56 Å². The van der Waals surface area contributed by atoms with Crippen molar-refractivity contribution in [3.8, 4) is 0 Å². The summed E-state index contributed by atoms with van der Waals surface area (Å²) in [5.74, 6) is 1.60. The van der Waals surface area contributed by atoms with Crippen molar-refractivity contribution in [2.45, 2.75) is 26.8 Å². The third-order valence-electron chi connectivity index (χ3n) is 3.03. The number of nitrogens with zero attached hydrogens (tertiary/aromatic N) is 1. The third-order valence-corrected chi connectivity index (χ3v) is 3.03. The summed E-state index contributed by atoms with van der Waals surface area (Å²) in [7, 11) is 0. The normalized spacial score (nSPS) is 19.9. The van der Waals surface area contributed by atoms with Crippen molar-refractivity contribution < 1.29 is 9.21 Å². The molecular formula is C12H19ClN2O2. The molecule has 1 aromatic rings. The second kappa shape index (κ2) is 5.56. The Labute approximate surface area is 108 Å². The fourth-order valence-electron chi connectivity index (χ4n) is 2.14. The van der Waals surface area contributed by atoms with Crippen LogP contribution in [0.5, 0.6) is 0 Å². The maximum absolute atomic E-state index is 12.3. The Morgan fingerprint density at radius 2 is 2.24 bits per heavy atom. The van der Waals surface area contributed by atoms with E-state index in [0.29, 0.717) is 11.3 Å². The van der Waals surface area contributed by atoms with E-state index in [1.165, 1.54) is 0 Å². The zero-order chi connectivity index (χ0) is 11.7. The van der Waals surface area contributed by atoms with Gasteiger partial charge in [-0.25, -0.2) is 0 Å². The smallest absolute Gasteiger partial charge is 0.257 e. The highest BCUT2D eigenvalue weighted by molar-refractivity contribution is 5.95. The number of nitrogens with one attached hydrogen (secondary N) is 1. The van der Waals surface area contributed by atoms with Crippen LogP contribution in [-0.4, -0.2) is 36.5 Å². The van der Waals surface area contributed by atoms with Gasteiger partial charge in [-0.3, -0.25) is 4.79 Å². The highest BCUT2D eigenvalue weighted by Gasteiger charge is 2.26. The minimum Gasteiger partial charge on any atom is -0.466 e. The lowest BCUT2D eigenvalue weighted by atomic mass is 10.1. The standard InChI is InChI=1S/C12H18N2O2.ClH/c1-8-7-13-4-5-14(8)12(15)11-6-9(2)16-10(11)3;/h6,8,13H,4-5,7H2,1-3H3;1H/t8-;/m0./s1. The van der Waals surface area contributed by atoms with Crippen molar-refractivity contribution in [2.75, 3.05) is 19.6 Å². The Morgan fingerprint density at radius 3 is 2.76 bits per heavy atom. The van der Waals surface area contributed by atoms with Crippen LogP contribution in [0, 0.1) is 13.8 Å². The van der Waals surface area contributed by atoms with E-state index in [-0.39, 0.29) is 24.4 Å². The molecule has 0 radical (unpaired) electrons. The van der Waals surface area contributed by atoms with E-state index in [4.69, 9.17) is 4.42 Å². The molecule has 0 bridgehead atoms. The zero-order valence-corrected chi connectivity index (χ0v) is 11.3. The van der Waals surface area contributed by atoms with Crippen LogP contribution in [0.4, 0.5) is 0 Å². The first kappa shape index (κ1) is 14.1. The van der Waals surface area contributed by atoms with Crippen molar-refractivity contribution in [1.82, 2.24) is 10.2 Å². The molecule has 0 saturated carbocycles. The molecule has 1 amide bonds. The third kappa shape index (κ3) is 2.82. The van der Waals surface area contributed by atoms with Gasteiger partial charge < -0.3 is 14.6 Å². The van der Waals surface area contributed by atoms with Crippen LogP contribution in [0.25, 0.3) is 0 Å². The molecule has 17 heavy (non-hydrogen) atoms. The number of carbonyl (C=O) groups is 1. The largest absolute Gasteiger partial charge is 0.466 e. The molecule has 0 spiro atoms. The van der Waals surface area contributed by atoms with Crippen molar-refractivity contribution >= 4 is 18.3 Å². The highest BCUT2D eigenvalue weighted by Crippen LogP contribution is 2.17. The van der Waals surface area contributed by atoms with Crippen molar-refractivity contribution in [1.29, 1.82) is 0 Å². The predicted octanol–water partition coefficient (Wildman–Crippen LogP) is 1.75. The summed E-state index contributed by atoms with van der Waals surface area (Å²) in [6, 6.07) is 2.07. The van der Waals surface area contributed by atoms with Crippen LogP contribution in [0.3, 0.4) is 0 Å². The van der Waals surface area contributed by atoms with Crippen molar-refractivity contribution in [3.05, 3.63) is 23.2 Å². The quantitative estimate of drug-likeness (QED) is 0.835. The molecule has 1 aliphatic rings. The van der Waals surface area contributed by atoms with Gasteiger partial charge in [0.15, 0.2) is 0 Å². The second-order valence-electron chi connectivity index (χ2n) is 4.38. The molecule has 1 N–H and O–H groups in total. The molecular weight excluding hydrogens is 240 g/mol. The molecule has 1 saturated heterocycles. The van der Waals surface area contributed by atoms with Gasteiger partial charge in [0, 0.05) is 25.7 Å². The first-order valence-corrected chi connectivity index (χ1v) is 5.68. The predicted molar refractivity (Wildman–Crippen MR) is 68.8 cm³/mol. The molecule has 5 heteroatoms. The Hall–Kier alpha value is -1.000. The van der Waals surface area contributed by atoms with E-state index < -0.39 is 0 Å². The number of rotatable bonds is 1. The number of aryl methyl sites for hydroxylation is 2. The van der Waals surface area contributed by atoms with Crippen LogP contribution in [0.15, 0.2) is 10.5 Å². The molecule has 1 aliphatic heterocycles. The monoisotopic (exact) mass is 258 g/mol. The minimum atomic E-state index is 0. The van der Waals surface area contributed by atoms with Crippen LogP contribution < -0.4 is 5.32 Å². The van der Waals surface area contributed by atoms with Gasteiger partial charge in [-0.1, -0.05) is 0 Å². The van der Waals surface area contributed by atoms with Gasteiger partial charge in [-0.2, -0.15) is 0 Å². The fourth-order valence-corrected chi connectivity index (χ4v) is 2.14. The van der Waals surface area contributed by atoms with Crippen molar-refractivity contribution in [2.24, 2.45) is 0 Å². The van der Waals surface area contributed by atoms with E-state index in [1.807, 2.05) is 24.8 Å². The van der Waals surface area contributed by atoms with E-state index in [9.17, 15) is 4.79 Å². The lowest BCUT2D eigenvalue weighted by Gasteiger charge is -2.33. The SMILES string of the molecule is Cc1cc(C(=O)N2CCNC[C@@H]2C)c(C)o1.Cl. The zero-order valence-electron chi connectivity index (χ0n) is 10.4. The minimum absolute atomic E-state index is 0. The van der Waals surface area contributed by atoms with Gasteiger partial charge in [0.1, 0.15) is 11.5 Å². The molecule has 96 valence electrons. The van der Waals surface area contributed by atoms with Crippen LogP contribution in [0.1, 0.15) is 28.8 Å². The van der Waals surface area contributed by atoms with Crippen molar-refractivity contribution in [3.63, 3.8) is 0 Å². The van der Waals surface area contributed by atoms with Crippen LogP contribution in [0.2, 0.25) is 0 Å². The van der Waals surface area contributed by atoms with Gasteiger partial charge in [0.2, 0.25) is 0 Å². The molecule has 1 atom stereocenters. The lowest BCUT2D eigenvalue weighted by molar-refractivity contribution is 0.0654. The number of furan rings is 1. The fraction of sp³-hybridized carbons (Fsp3) is 0.583. The van der Waals surface area contributed by atoms with Crippen LogP contribution >= 0.6 is 12.4 Å². The summed E-state index contributed by atoms with van der Waals surface area (Å²) in [5, 5.41) is 3.27. The number of amides is 1. The maximum atomic E-state index is 12.3. The number of carbonyl (C=O) groups excluding carboxylic acids is 1. The van der Waals surface area contributed by atoms with Gasteiger partial charge >= 0.3 is 0 Å². The number of halogens is 1. The number of piperazine rings is 1. The molecule has 0 aliphatic carbocycles. The van der Waals surface area contributed by atoms with E-state index in [1.54, 1.807) is 0 Å². The van der Waals surface area contributed by atoms with E-state index in [0.717, 1.165) is 25.4 Å². The molecule has 1 aromatic heterocycles. The first-order valence-electron chi connectivity index (χ1n) is 5.68. The summed E-state index contributed by atoms with van der Waals surface area (Å²) < 4.78 is 5.40. The average molecular weight is 259 g/mol.